The Labute approximate surface area is 108 Å². The molecule has 1 fully saturated rings. The molecule has 1 aromatic carbocycles. The SMILES string of the molecule is CC(C)N1CCN(c2ccc(Cl)cc2N)CC1. The lowest BCUT2D eigenvalue weighted by Crippen LogP contribution is -2.49. The predicted molar refractivity (Wildman–Crippen MR) is 74.8 cm³/mol. The summed E-state index contributed by atoms with van der Waals surface area (Å²) in [5, 5.41) is 0.701. The van der Waals surface area contributed by atoms with Gasteiger partial charge in [0.25, 0.3) is 0 Å². The van der Waals surface area contributed by atoms with Gasteiger partial charge in [0.05, 0.1) is 11.4 Å². The van der Waals surface area contributed by atoms with Crippen LogP contribution in [0.2, 0.25) is 5.02 Å². The highest BCUT2D eigenvalue weighted by atomic mass is 35.5. The fraction of sp³-hybridized carbons (Fsp3) is 0.538. The van der Waals surface area contributed by atoms with Crippen LogP contribution in [-0.2, 0) is 0 Å². The molecule has 1 aliphatic rings. The van der Waals surface area contributed by atoms with E-state index in [0.717, 1.165) is 37.6 Å². The summed E-state index contributed by atoms with van der Waals surface area (Å²) in [6.45, 7) is 8.74. The summed E-state index contributed by atoms with van der Waals surface area (Å²) in [6.07, 6.45) is 0. The van der Waals surface area contributed by atoms with E-state index in [4.69, 9.17) is 17.3 Å². The first-order valence-electron chi connectivity index (χ1n) is 6.12. The molecule has 4 heteroatoms. The van der Waals surface area contributed by atoms with Crippen molar-refractivity contribution in [3.05, 3.63) is 23.2 Å². The number of piperazine rings is 1. The third-order valence-electron chi connectivity index (χ3n) is 3.37. The zero-order valence-corrected chi connectivity index (χ0v) is 11.2. The minimum atomic E-state index is 0.625. The molecule has 17 heavy (non-hydrogen) atoms. The summed E-state index contributed by atoms with van der Waals surface area (Å²) in [7, 11) is 0. The van der Waals surface area contributed by atoms with Gasteiger partial charge in [0.1, 0.15) is 0 Å². The highest BCUT2D eigenvalue weighted by Crippen LogP contribution is 2.27. The lowest BCUT2D eigenvalue weighted by atomic mass is 10.2. The number of hydrogen-bond donors (Lipinski definition) is 1. The summed E-state index contributed by atoms with van der Waals surface area (Å²) >= 11 is 5.91. The second kappa shape index (κ2) is 5.15. The molecule has 0 saturated carbocycles. The molecule has 1 saturated heterocycles. The Morgan fingerprint density at radius 2 is 1.82 bits per heavy atom. The topological polar surface area (TPSA) is 32.5 Å². The number of rotatable bonds is 2. The van der Waals surface area contributed by atoms with E-state index in [2.05, 4.69) is 23.6 Å². The van der Waals surface area contributed by atoms with Crippen LogP contribution in [0.1, 0.15) is 13.8 Å². The Balaban J connectivity index is 2.05. The van der Waals surface area contributed by atoms with E-state index >= 15 is 0 Å². The summed E-state index contributed by atoms with van der Waals surface area (Å²) in [5.74, 6) is 0. The quantitative estimate of drug-likeness (QED) is 0.822. The van der Waals surface area contributed by atoms with Crippen LogP contribution in [0, 0.1) is 0 Å². The van der Waals surface area contributed by atoms with Crippen molar-refractivity contribution in [1.29, 1.82) is 0 Å². The number of benzene rings is 1. The van der Waals surface area contributed by atoms with Crippen molar-refractivity contribution in [2.75, 3.05) is 36.8 Å². The molecule has 2 N–H and O–H groups in total. The van der Waals surface area contributed by atoms with Crippen LogP contribution in [0.4, 0.5) is 11.4 Å². The Morgan fingerprint density at radius 1 is 1.18 bits per heavy atom. The fourth-order valence-electron chi connectivity index (χ4n) is 2.29. The van der Waals surface area contributed by atoms with Gasteiger partial charge in [0, 0.05) is 37.2 Å². The van der Waals surface area contributed by atoms with Crippen LogP contribution in [-0.4, -0.2) is 37.1 Å². The van der Waals surface area contributed by atoms with Gasteiger partial charge in [-0.1, -0.05) is 11.6 Å². The van der Waals surface area contributed by atoms with Crippen molar-refractivity contribution >= 4 is 23.0 Å². The molecule has 0 atom stereocenters. The molecular weight excluding hydrogens is 234 g/mol. The monoisotopic (exact) mass is 253 g/mol. The number of nitrogens with two attached hydrogens (primary N) is 1. The summed E-state index contributed by atoms with van der Waals surface area (Å²) < 4.78 is 0. The largest absolute Gasteiger partial charge is 0.397 e. The Morgan fingerprint density at radius 3 is 2.35 bits per heavy atom. The molecule has 0 radical (unpaired) electrons. The lowest BCUT2D eigenvalue weighted by Gasteiger charge is -2.38. The Bertz CT molecular complexity index is 384. The molecule has 0 unspecified atom stereocenters. The van der Waals surface area contributed by atoms with Gasteiger partial charge in [-0.15, -0.1) is 0 Å². The third-order valence-corrected chi connectivity index (χ3v) is 3.61. The Kier molecular flexibility index (Phi) is 3.79. The summed E-state index contributed by atoms with van der Waals surface area (Å²) in [6, 6.07) is 6.37. The molecule has 3 nitrogen and oxygen atoms in total. The molecule has 0 aliphatic carbocycles. The molecule has 1 heterocycles. The van der Waals surface area contributed by atoms with Gasteiger partial charge in [-0.25, -0.2) is 0 Å². The molecule has 94 valence electrons. The fourth-order valence-corrected chi connectivity index (χ4v) is 2.47. The first-order chi connectivity index (χ1) is 8.08. The molecule has 0 amide bonds. The van der Waals surface area contributed by atoms with E-state index in [0.29, 0.717) is 11.1 Å². The Hall–Kier alpha value is -0.930. The maximum atomic E-state index is 6.01. The number of nitrogen functional groups attached to an aromatic ring is 1. The van der Waals surface area contributed by atoms with Gasteiger partial charge in [-0.05, 0) is 32.0 Å². The maximum Gasteiger partial charge on any atom is 0.0601 e. The first-order valence-corrected chi connectivity index (χ1v) is 6.50. The average molecular weight is 254 g/mol. The number of halogens is 1. The van der Waals surface area contributed by atoms with Gasteiger partial charge in [-0.2, -0.15) is 0 Å². The molecule has 2 rings (SSSR count). The van der Waals surface area contributed by atoms with Crippen molar-refractivity contribution in [2.45, 2.75) is 19.9 Å². The van der Waals surface area contributed by atoms with E-state index in [1.54, 1.807) is 0 Å². The van der Waals surface area contributed by atoms with E-state index in [9.17, 15) is 0 Å². The van der Waals surface area contributed by atoms with Gasteiger partial charge >= 0.3 is 0 Å². The van der Waals surface area contributed by atoms with Crippen molar-refractivity contribution in [1.82, 2.24) is 4.90 Å². The van der Waals surface area contributed by atoms with Gasteiger partial charge in [-0.3, -0.25) is 4.90 Å². The van der Waals surface area contributed by atoms with E-state index in [1.807, 2.05) is 18.2 Å². The van der Waals surface area contributed by atoms with Crippen LogP contribution in [0.5, 0.6) is 0 Å². The number of nitrogens with zero attached hydrogens (tertiary/aromatic N) is 2. The highest BCUT2D eigenvalue weighted by Gasteiger charge is 2.20. The van der Waals surface area contributed by atoms with Crippen molar-refractivity contribution in [2.24, 2.45) is 0 Å². The molecule has 0 aromatic heterocycles. The van der Waals surface area contributed by atoms with Gasteiger partial charge in [0.2, 0.25) is 0 Å². The normalized spacial score (nSPS) is 17.8. The molecule has 1 aromatic rings. The third kappa shape index (κ3) is 2.85. The zero-order valence-electron chi connectivity index (χ0n) is 10.5. The number of hydrogen-bond acceptors (Lipinski definition) is 3. The van der Waals surface area contributed by atoms with Gasteiger partial charge < -0.3 is 10.6 Å². The summed E-state index contributed by atoms with van der Waals surface area (Å²) in [4.78, 5) is 4.83. The van der Waals surface area contributed by atoms with Crippen molar-refractivity contribution in [3.8, 4) is 0 Å². The highest BCUT2D eigenvalue weighted by molar-refractivity contribution is 6.31. The molecule has 1 aliphatic heterocycles. The van der Waals surface area contributed by atoms with E-state index in [1.165, 1.54) is 0 Å². The van der Waals surface area contributed by atoms with E-state index in [-0.39, 0.29) is 0 Å². The standard InChI is InChI=1S/C13H20ClN3/c1-10(2)16-5-7-17(8-6-16)13-4-3-11(14)9-12(13)15/h3-4,9-10H,5-8,15H2,1-2H3. The molecular formula is C13H20ClN3. The van der Waals surface area contributed by atoms with Crippen LogP contribution in [0.3, 0.4) is 0 Å². The zero-order chi connectivity index (χ0) is 12.4. The second-order valence-electron chi connectivity index (χ2n) is 4.82. The van der Waals surface area contributed by atoms with Crippen molar-refractivity contribution in [3.63, 3.8) is 0 Å². The van der Waals surface area contributed by atoms with Gasteiger partial charge in [0.15, 0.2) is 0 Å². The van der Waals surface area contributed by atoms with Crippen LogP contribution in [0.15, 0.2) is 18.2 Å². The van der Waals surface area contributed by atoms with Crippen LogP contribution < -0.4 is 10.6 Å². The molecule has 0 bridgehead atoms. The second-order valence-corrected chi connectivity index (χ2v) is 5.26. The van der Waals surface area contributed by atoms with Crippen LogP contribution >= 0.6 is 11.6 Å². The lowest BCUT2D eigenvalue weighted by molar-refractivity contribution is 0.209. The van der Waals surface area contributed by atoms with E-state index < -0.39 is 0 Å². The first kappa shape index (κ1) is 12.5. The molecule has 0 spiro atoms. The number of anilines is 2. The average Bonchev–Trinajstić information content (AvgIpc) is 2.29. The van der Waals surface area contributed by atoms with Crippen LogP contribution in [0.25, 0.3) is 0 Å². The smallest absolute Gasteiger partial charge is 0.0601 e. The summed E-state index contributed by atoms with van der Waals surface area (Å²) in [5.41, 5.74) is 7.89. The minimum absolute atomic E-state index is 0.625. The minimum Gasteiger partial charge on any atom is -0.397 e. The maximum absolute atomic E-state index is 6.01. The predicted octanol–water partition coefficient (Wildman–Crippen LogP) is 2.45. The van der Waals surface area contributed by atoms with Crippen molar-refractivity contribution < 1.29 is 0 Å².